The average molecular weight is 458 g/mol. The van der Waals surface area contributed by atoms with Gasteiger partial charge in [-0.15, -0.1) is 6.58 Å². The van der Waals surface area contributed by atoms with Crippen molar-refractivity contribution in [1.82, 2.24) is 14.5 Å². The van der Waals surface area contributed by atoms with Crippen LogP contribution in [0.3, 0.4) is 0 Å². The van der Waals surface area contributed by atoms with Gasteiger partial charge in [0.15, 0.2) is 0 Å². The standard InChI is InChI=1S/C24H25Cl2N3O2/c1-3-12-28(24(30)19-13-16(25)9-11-22(19)31-2)15-23-27-20-10-8-17(26)14-21(20)29(23)18-6-4-5-7-18/h3,8-11,13-14,18H,1,4-7,12,15H2,2H3. The van der Waals surface area contributed by atoms with Crippen LogP contribution in [0.25, 0.3) is 11.0 Å². The van der Waals surface area contributed by atoms with Crippen molar-refractivity contribution < 1.29 is 9.53 Å². The molecule has 5 nitrogen and oxygen atoms in total. The number of amides is 1. The number of rotatable bonds is 7. The summed E-state index contributed by atoms with van der Waals surface area (Å²) in [6.07, 6.45) is 6.30. The Kier molecular flexibility index (Phi) is 6.54. The number of carbonyl (C=O) groups is 1. The number of imidazole rings is 1. The van der Waals surface area contributed by atoms with Gasteiger partial charge in [0.1, 0.15) is 11.6 Å². The molecule has 0 bridgehead atoms. The number of hydrogen-bond donors (Lipinski definition) is 0. The fourth-order valence-electron chi connectivity index (χ4n) is 4.36. The molecule has 0 N–H and O–H groups in total. The molecule has 0 aliphatic heterocycles. The summed E-state index contributed by atoms with van der Waals surface area (Å²) in [5.74, 6) is 1.15. The van der Waals surface area contributed by atoms with E-state index >= 15 is 0 Å². The van der Waals surface area contributed by atoms with Gasteiger partial charge in [-0.05, 0) is 49.2 Å². The zero-order valence-corrected chi connectivity index (χ0v) is 19.0. The molecule has 1 heterocycles. The normalized spacial score (nSPS) is 14.2. The number of ether oxygens (including phenoxy) is 1. The number of halogens is 2. The lowest BCUT2D eigenvalue weighted by Crippen LogP contribution is -2.32. The Hall–Kier alpha value is -2.50. The number of hydrogen-bond acceptors (Lipinski definition) is 3. The maximum absolute atomic E-state index is 13.5. The van der Waals surface area contributed by atoms with E-state index in [1.165, 1.54) is 12.8 Å². The maximum Gasteiger partial charge on any atom is 0.258 e. The molecule has 31 heavy (non-hydrogen) atoms. The molecule has 1 aliphatic rings. The second kappa shape index (κ2) is 9.33. The zero-order chi connectivity index (χ0) is 22.0. The molecule has 1 fully saturated rings. The summed E-state index contributed by atoms with van der Waals surface area (Å²) in [5, 5.41) is 1.16. The monoisotopic (exact) mass is 457 g/mol. The van der Waals surface area contributed by atoms with E-state index < -0.39 is 0 Å². The van der Waals surface area contributed by atoms with E-state index in [0.29, 0.717) is 40.5 Å². The van der Waals surface area contributed by atoms with E-state index in [-0.39, 0.29) is 5.91 Å². The Morgan fingerprint density at radius 3 is 2.65 bits per heavy atom. The minimum atomic E-state index is -0.178. The Bertz CT molecular complexity index is 1120. The van der Waals surface area contributed by atoms with Crippen molar-refractivity contribution in [3.05, 3.63) is 70.5 Å². The van der Waals surface area contributed by atoms with E-state index in [1.54, 1.807) is 36.3 Å². The van der Waals surface area contributed by atoms with Crippen LogP contribution in [0.2, 0.25) is 10.0 Å². The molecule has 0 saturated heterocycles. The molecule has 1 aromatic heterocycles. The van der Waals surface area contributed by atoms with Crippen LogP contribution < -0.4 is 4.74 Å². The smallest absolute Gasteiger partial charge is 0.258 e. The van der Waals surface area contributed by atoms with Gasteiger partial charge in [0, 0.05) is 22.6 Å². The van der Waals surface area contributed by atoms with Crippen LogP contribution in [0.4, 0.5) is 0 Å². The number of aromatic nitrogens is 2. The van der Waals surface area contributed by atoms with Gasteiger partial charge in [0.25, 0.3) is 5.91 Å². The van der Waals surface area contributed by atoms with Gasteiger partial charge in [0.2, 0.25) is 0 Å². The summed E-state index contributed by atoms with van der Waals surface area (Å²) in [4.78, 5) is 20.0. The second-order valence-electron chi connectivity index (χ2n) is 7.79. The second-order valence-corrected chi connectivity index (χ2v) is 8.66. The SMILES string of the molecule is C=CCN(Cc1nc2ccc(Cl)cc2n1C1CCCC1)C(=O)c1cc(Cl)ccc1OC. The molecule has 162 valence electrons. The molecule has 1 amide bonds. The molecular formula is C24H25Cl2N3O2. The fraction of sp³-hybridized carbons (Fsp3) is 0.333. The van der Waals surface area contributed by atoms with Gasteiger partial charge in [-0.25, -0.2) is 4.98 Å². The topological polar surface area (TPSA) is 47.4 Å². The lowest BCUT2D eigenvalue weighted by Gasteiger charge is -2.24. The zero-order valence-electron chi connectivity index (χ0n) is 17.5. The number of benzene rings is 2. The molecule has 2 aromatic carbocycles. The van der Waals surface area contributed by atoms with Crippen molar-refractivity contribution in [3.63, 3.8) is 0 Å². The first-order chi connectivity index (χ1) is 15.0. The lowest BCUT2D eigenvalue weighted by atomic mass is 10.1. The third-order valence-electron chi connectivity index (χ3n) is 5.78. The molecule has 0 unspecified atom stereocenters. The first kappa shape index (κ1) is 21.7. The largest absolute Gasteiger partial charge is 0.496 e. The van der Waals surface area contributed by atoms with E-state index in [4.69, 9.17) is 32.9 Å². The highest BCUT2D eigenvalue weighted by Crippen LogP contribution is 2.35. The fourth-order valence-corrected chi connectivity index (χ4v) is 4.70. The summed E-state index contributed by atoms with van der Waals surface area (Å²) in [6.45, 7) is 4.57. The summed E-state index contributed by atoms with van der Waals surface area (Å²) in [7, 11) is 1.54. The first-order valence-electron chi connectivity index (χ1n) is 10.4. The number of nitrogens with zero attached hydrogens (tertiary/aromatic N) is 3. The molecule has 1 aliphatic carbocycles. The molecule has 4 rings (SSSR count). The summed E-state index contributed by atoms with van der Waals surface area (Å²) in [6, 6.07) is 11.2. The third kappa shape index (κ3) is 4.43. The van der Waals surface area contributed by atoms with Crippen molar-refractivity contribution in [2.24, 2.45) is 0 Å². The molecular weight excluding hydrogens is 433 g/mol. The van der Waals surface area contributed by atoms with Crippen molar-refractivity contribution in [2.45, 2.75) is 38.3 Å². The molecule has 1 saturated carbocycles. The van der Waals surface area contributed by atoms with E-state index in [1.807, 2.05) is 18.2 Å². The highest BCUT2D eigenvalue weighted by molar-refractivity contribution is 6.31. The van der Waals surface area contributed by atoms with Crippen LogP contribution >= 0.6 is 23.2 Å². The minimum absolute atomic E-state index is 0.178. The summed E-state index contributed by atoms with van der Waals surface area (Å²) >= 11 is 12.5. The van der Waals surface area contributed by atoms with Crippen LogP contribution in [0.15, 0.2) is 49.1 Å². The lowest BCUT2D eigenvalue weighted by molar-refractivity contribution is 0.0753. The van der Waals surface area contributed by atoms with Crippen LogP contribution in [0, 0.1) is 0 Å². The average Bonchev–Trinajstić information content (AvgIpc) is 3.40. The van der Waals surface area contributed by atoms with Gasteiger partial charge >= 0.3 is 0 Å². The van der Waals surface area contributed by atoms with Crippen molar-refractivity contribution in [2.75, 3.05) is 13.7 Å². The number of methoxy groups -OCH3 is 1. The van der Waals surface area contributed by atoms with Crippen LogP contribution in [-0.2, 0) is 6.54 Å². The van der Waals surface area contributed by atoms with Gasteiger partial charge in [-0.2, -0.15) is 0 Å². The van der Waals surface area contributed by atoms with Gasteiger partial charge in [0.05, 0.1) is 30.3 Å². The first-order valence-corrected chi connectivity index (χ1v) is 11.2. The van der Waals surface area contributed by atoms with Gasteiger partial charge in [-0.1, -0.05) is 42.1 Å². The van der Waals surface area contributed by atoms with Crippen LogP contribution in [0.5, 0.6) is 5.75 Å². The summed E-state index contributed by atoms with van der Waals surface area (Å²) in [5.41, 5.74) is 2.32. The Morgan fingerprint density at radius 2 is 1.94 bits per heavy atom. The minimum Gasteiger partial charge on any atom is -0.496 e. The summed E-state index contributed by atoms with van der Waals surface area (Å²) < 4.78 is 7.67. The van der Waals surface area contributed by atoms with Crippen molar-refractivity contribution in [1.29, 1.82) is 0 Å². The molecule has 7 heteroatoms. The van der Waals surface area contributed by atoms with Gasteiger partial charge in [-0.3, -0.25) is 4.79 Å². The molecule has 0 spiro atoms. The third-order valence-corrected chi connectivity index (χ3v) is 6.25. The molecule has 0 radical (unpaired) electrons. The maximum atomic E-state index is 13.5. The Morgan fingerprint density at radius 1 is 1.23 bits per heavy atom. The van der Waals surface area contributed by atoms with Crippen LogP contribution in [-0.4, -0.2) is 34.0 Å². The molecule has 3 aromatic rings. The van der Waals surface area contributed by atoms with Gasteiger partial charge < -0.3 is 14.2 Å². The van der Waals surface area contributed by atoms with E-state index in [2.05, 4.69) is 11.1 Å². The van der Waals surface area contributed by atoms with Crippen LogP contribution in [0.1, 0.15) is 47.9 Å². The Labute approximate surface area is 192 Å². The van der Waals surface area contributed by atoms with E-state index in [9.17, 15) is 4.79 Å². The number of carbonyl (C=O) groups excluding carboxylic acids is 1. The number of fused-ring (bicyclic) bond motifs is 1. The van der Waals surface area contributed by atoms with Crippen molar-refractivity contribution >= 4 is 40.1 Å². The Balaban J connectivity index is 1.75. The van der Waals surface area contributed by atoms with Crippen molar-refractivity contribution in [3.8, 4) is 5.75 Å². The highest BCUT2D eigenvalue weighted by atomic mass is 35.5. The predicted octanol–water partition coefficient (Wildman–Crippen LogP) is 6.30. The van der Waals surface area contributed by atoms with E-state index in [0.717, 1.165) is 29.7 Å². The molecule has 0 atom stereocenters. The quantitative estimate of drug-likeness (QED) is 0.391. The highest BCUT2D eigenvalue weighted by Gasteiger charge is 2.26. The predicted molar refractivity (Wildman–Crippen MR) is 125 cm³/mol.